The summed E-state index contributed by atoms with van der Waals surface area (Å²) < 4.78 is 13.5. The molecular formula is C20H23N5O5. The molecule has 0 fully saturated rings. The highest BCUT2D eigenvalue weighted by Crippen LogP contribution is 2.28. The van der Waals surface area contributed by atoms with Gasteiger partial charge in [-0.05, 0) is 37.6 Å². The number of aryl methyl sites for hydroxylation is 1. The van der Waals surface area contributed by atoms with Crippen molar-refractivity contribution in [1.29, 1.82) is 0 Å². The van der Waals surface area contributed by atoms with Crippen LogP contribution in [-0.2, 0) is 17.9 Å². The second-order valence-corrected chi connectivity index (χ2v) is 6.62. The van der Waals surface area contributed by atoms with E-state index in [1.807, 2.05) is 25.1 Å². The van der Waals surface area contributed by atoms with Crippen LogP contribution in [0.3, 0.4) is 0 Å². The van der Waals surface area contributed by atoms with Crippen LogP contribution in [0.2, 0.25) is 0 Å². The number of aromatic carboxylic acids is 1. The standard InChI is InChI=1S/C20H23N5O5/c1-12-19(22-18(26)11-25-15(20(27)28)7-8-21-25)13(2)24(23-12)10-14-5-6-16(29-3)17(9-14)30-4/h5-9H,10-11H2,1-4H3,(H,22,26)(H,27,28). The topological polar surface area (TPSA) is 120 Å². The number of nitrogens with one attached hydrogen (secondary N) is 1. The van der Waals surface area contributed by atoms with Crippen LogP contribution in [-0.4, -0.2) is 50.8 Å². The third kappa shape index (κ3) is 4.27. The Bertz CT molecular complexity index is 1090. The predicted octanol–water partition coefficient (Wildman–Crippen LogP) is 2.10. The maximum absolute atomic E-state index is 12.4. The molecule has 1 amide bonds. The molecule has 10 heteroatoms. The fourth-order valence-corrected chi connectivity index (χ4v) is 3.14. The predicted molar refractivity (Wildman–Crippen MR) is 108 cm³/mol. The summed E-state index contributed by atoms with van der Waals surface area (Å²) in [5.41, 5.74) is 2.92. The van der Waals surface area contributed by atoms with Crippen molar-refractivity contribution in [2.75, 3.05) is 19.5 Å². The monoisotopic (exact) mass is 413 g/mol. The number of carbonyl (C=O) groups is 2. The van der Waals surface area contributed by atoms with Gasteiger partial charge in [0.1, 0.15) is 12.2 Å². The van der Waals surface area contributed by atoms with Gasteiger partial charge in [-0.2, -0.15) is 10.2 Å². The third-order valence-electron chi connectivity index (χ3n) is 4.66. The molecule has 1 aromatic carbocycles. The molecule has 0 atom stereocenters. The van der Waals surface area contributed by atoms with Gasteiger partial charge in [-0.15, -0.1) is 0 Å². The summed E-state index contributed by atoms with van der Waals surface area (Å²) in [5, 5.41) is 20.3. The molecule has 3 rings (SSSR count). The molecule has 0 unspecified atom stereocenters. The van der Waals surface area contributed by atoms with Gasteiger partial charge < -0.3 is 19.9 Å². The van der Waals surface area contributed by atoms with Gasteiger partial charge in [0.05, 0.1) is 37.8 Å². The molecule has 0 saturated heterocycles. The number of hydrogen-bond donors (Lipinski definition) is 2. The van der Waals surface area contributed by atoms with Gasteiger partial charge in [-0.3, -0.25) is 9.48 Å². The summed E-state index contributed by atoms with van der Waals surface area (Å²) in [5.74, 6) is -0.270. The molecule has 158 valence electrons. The van der Waals surface area contributed by atoms with E-state index in [1.165, 1.54) is 12.3 Å². The highest BCUT2D eigenvalue weighted by molar-refractivity contribution is 5.92. The van der Waals surface area contributed by atoms with Crippen molar-refractivity contribution >= 4 is 17.6 Å². The number of methoxy groups -OCH3 is 2. The van der Waals surface area contributed by atoms with Crippen molar-refractivity contribution in [1.82, 2.24) is 19.6 Å². The van der Waals surface area contributed by atoms with E-state index in [-0.39, 0.29) is 12.2 Å². The Morgan fingerprint density at radius 2 is 1.83 bits per heavy atom. The number of nitrogens with zero attached hydrogens (tertiary/aromatic N) is 4. The summed E-state index contributed by atoms with van der Waals surface area (Å²) in [4.78, 5) is 23.6. The largest absolute Gasteiger partial charge is 0.493 e. The van der Waals surface area contributed by atoms with Crippen molar-refractivity contribution < 1.29 is 24.2 Å². The molecule has 0 aliphatic rings. The molecular weight excluding hydrogens is 390 g/mol. The second-order valence-electron chi connectivity index (χ2n) is 6.62. The van der Waals surface area contributed by atoms with E-state index >= 15 is 0 Å². The molecule has 10 nitrogen and oxygen atoms in total. The zero-order valence-electron chi connectivity index (χ0n) is 17.2. The summed E-state index contributed by atoms with van der Waals surface area (Å²) in [6, 6.07) is 6.96. The van der Waals surface area contributed by atoms with Crippen LogP contribution < -0.4 is 14.8 Å². The van der Waals surface area contributed by atoms with E-state index in [9.17, 15) is 9.59 Å². The summed E-state index contributed by atoms with van der Waals surface area (Å²) in [6.07, 6.45) is 1.34. The average Bonchev–Trinajstić information content (AvgIpc) is 3.28. The minimum atomic E-state index is -1.14. The van der Waals surface area contributed by atoms with E-state index in [0.717, 1.165) is 15.9 Å². The van der Waals surface area contributed by atoms with E-state index < -0.39 is 11.9 Å². The molecule has 0 aliphatic carbocycles. The van der Waals surface area contributed by atoms with Gasteiger partial charge in [0.2, 0.25) is 5.91 Å². The number of aromatic nitrogens is 4. The van der Waals surface area contributed by atoms with Gasteiger partial charge in [-0.25, -0.2) is 9.48 Å². The van der Waals surface area contributed by atoms with Gasteiger partial charge in [0.25, 0.3) is 0 Å². The molecule has 0 bridgehead atoms. The Kier molecular flexibility index (Phi) is 6.05. The van der Waals surface area contributed by atoms with Crippen LogP contribution in [0.1, 0.15) is 27.4 Å². The lowest BCUT2D eigenvalue weighted by molar-refractivity contribution is -0.116. The minimum absolute atomic E-state index is 0.0530. The van der Waals surface area contributed by atoms with Crippen LogP contribution in [0.4, 0.5) is 5.69 Å². The molecule has 0 saturated carbocycles. The van der Waals surface area contributed by atoms with Gasteiger partial charge in [-0.1, -0.05) is 6.07 Å². The Morgan fingerprint density at radius 3 is 2.50 bits per heavy atom. The number of ether oxygens (including phenoxy) is 2. The van der Waals surface area contributed by atoms with E-state index in [0.29, 0.717) is 29.4 Å². The van der Waals surface area contributed by atoms with Crippen molar-refractivity contribution in [3.05, 3.63) is 53.1 Å². The Morgan fingerprint density at radius 1 is 1.10 bits per heavy atom. The quantitative estimate of drug-likeness (QED) is 0.580. The number of carboxylic acid groups (broad SMARTS) is 1. The number of benzene rings is 1. The number of hydrogen-bond acceptors (Lipinski definition) is 6. The summed E-state index contributed by atoms with van der Waals surface area (Å²) in [7, 11) is 3.16. The fourth-order valence-electron chi connectivity index (χ4n) is 3.14. The number of rotatable bonds is 8. The van der Waals surface area contributed by atoms with E-state index in [4.69, 9.17) is 14.6 Å². The third-order valence-corrected chi connectivity index (χ3v) is 4.66. The first kappa shape index (κ1) is 20.9. The lowest BCUT2D eigenvalue weighted by Gasteiger charge is -2.11. The zero-order valence-corrected chi connectivity index (χ0v) is 17.2. The lowest BCUT2D eigenvalue weighted by atomic mass is 10.2. The van der Waals surface area contributed by atoms with Crippen molar-refractivity contribution in [3.8, 4) is 11.5 Å². The van der Waals surface area contributed by atoms with Crippen molar-refractivity contribution in [2.45, 2.75) is 26.9 Å². The molecule has 0 spiro atoms. The first-order valence-corrected chi connectivity index (χ1v) is 9.14. The van der Waals surface area contributed by atoms with Crippen molar-refractivity contribution in [3.63, 3.8) is 0 Å². The number of carbonyl (C=O) groups excluding carboxylic acids is 1. The smallest absolute Gasteiger partial charge is 0.354 e. The first-order valence-electron chi connectivity index (χ1n) is 9.14. The molecule has 3 aromatic rings. The van der Waals surface area contributed by atoms with Crippen LogP contribution in [0.5, 0.6) is 11.5 Å². The molecule has 0 aliphatic heterocycles. The molecule has 2 heterocycles. The van der Waals surface area contributed by atoms with Gasteiger partial charge in [0, 0.05) is 6.20 Å². The SMILES string of the molecule is COc1ccc(Cn2nc(C)c(NC(=O)Cn3nccc3C(=O)O)c2C)cc1OC. The Labute approximate surface area is 173 Å². The van der Waals surface area contributed by atoms with Crippen LogP contribution in [0.25, 0.3) is 0 Å². The number of anilines is 1. The van der Waals surface area contributed by atoms with Gasteiger partial charge in [0.15, 0.2) is 11.5 Å². The Hall–Kier alpha value is -3.82. The summed E-state index contributed by atoms with van der Waals surface area (Å²) in [6.45, 7) is 3.91. The van der Waals surface area contributed by atoms with E-state index in [2.05, 4.69) is 15.5 Å². The highest BCUT2D eigenvalue weighted by atomic mass is 16.5. The van der Waals surface area contributed by atoms with Crippen LogP contribution >= 0.6 is 0 Å². The molecule has 2 N–H and O–H groups in total. The zero-order chi connectivity index (χ0) is 21.8. The number of carboxylic acids is 1. The molecule has 30 heavy (non-hydrogen) atoms. The fraction of sp³-hybridized carbons (Fsp3) is 0.300. The minimum Gasteiger partial charge on any atom is -0.493 e. The molecule has 0 radical (unpaired) electrons. The van der Waals surface area contributed by atoms with E-state index in [1.54, 1.807) is 25.8 Å². The molecule has 2 aromatic heterocycles. The van der Waals surface area contributed by atoms with Crippen molar-refractivity contribution in [2.24, 2.45) is 0 Å². The number of amides is 1. The first-order chi connectivity index (χ1) is 14.3. The highest BCUT2D eigenvalue weighted by Gasteiger charge is 2.17. The lowest BCUT2D eigenvalue weighted by Crippen LogP contribution is -2.22. The maximum atomic E-state index is 12.4. The normalized spacial score (nSPS) is 10.7. The second kappa shape index (κ2) is 8.68. The van der Waals surface area contributed by atoms with Gasteiger partial charge >= 0.3 is 5.97 Å². The summed E-state index contributed by atoms with van der Waals surface area (Å²) >= 11 is 0. The maximum Gasteiger partial charge on any atom is 0.354 e. The van der Waals surface area contributed by atoms with Crippen LogP contribution in [0.15, 0.2) is 30.5 Å². The Balaban J connectivity index is 1.76. The van der Waals surface area contributed by atoms with Crippen LogP contribution in [0, 0.1) is 13.8 Å². The average molecular weight is 413 g/mol.